The van der Waals surface area contributed by atoms with E-state index in [1.807, 2.05) is 6.92 Å². The monoisotopic (exact) mass is 158 g/mol. The molecule has 0 spiro atoms. The molecule has 66 valence electrons. The van der Waals surface area contributed by atoms with Crippen LogP contribution in [-0.4, -0.2) is 19.5 Å². The Labute approximate surface area is 68.9 Å². The molecule has 0 aliphatic heterocycles. The molecule has 0 heterocycles. The highest BCUT2D eigenvalue weighted by Crippen LogP contribution is 2.07. The van der Waals surface area contributed by atoms with Gasteiger partial charge in [-0.25, -0.2) is 0 Å². The maximum atomic E-state index is 11.3. The Hall–Kier alpha value is -0.370. The number of hydrogen-bond acceptors (Lipinski definition) is 2. The molecule has 1 atom stereocenters. The maximum absolute atomic E-state index is 11.3. The highest BCUT2D eigenvalue weighted by Gasteiger charge is 2.13. The maximum Gasteiger partial charge on any atom is 0.138 e. The summed E-state index contributed by atoms with van der Waals surface area (Å²) in [5, 5.41) is 0. The zero-order valence-electron chi connectivity index (χ0n) is 7.89. The van der Waals surface area contributed by atoms with Crippen LogP contribution in [0.15, 0.2) is 0 Å². The molecule has 0 aromatic carbocycles. The number of carbonyl (C=O) groups excluding carboxylic acids is 1. The van der Waals surface area contributed by atoms with Crippen molar-refractivity contribution in [2.24, 2.45) is 11.8 Å². The van der Waals surface area contributed by atoms with Gasteiger partial charge >= 0.3 is 0 Å². The van der Waals surface area contributed by atoms with E-state index in [4.69, 9.17) is 4.74 Å². The standard InChI is InChI=1S/C9H18O2/c1-7(2)5-9(10)8(3)6-11-4/h7-8H,5-6H2,1-4H3. The molecule has 0 fully saturated rings. The Balaban J connectivity index is 3.64. The van der Waals surface area contributed by atoms with Gasteiger partial charge in [0.2, 0.25) is 0 Å². The fraction of sp³-hybridized carbons (Fsp3) is 0.889. The predicted octanol–water partition coefficient (Wildman–Crippen LogP) is 1.88. The molecule has 0 saturated heterocycles. The van der Waals surface area contributed by atoms with Crippen molar-refractivity contribution in [3.05, 3.63) is 0 Å². The first kappa shape index (κ1) is 10.6. The minimum Gasteiger partial charge on any atom is -0.384 e. The van der Waals surface area contributed by atoms with Crippen LogP contribution in [0.3, 0.4) is 0 Å². The first-order valence-electron chi connectivity index (χ1n) is 4.09. The normalized spacial score (nSPS) is 13.5. The van der Waals surface area contributed by atoms with E-state index in [0.717, 1.165) is 0 Å². The van der Waals surface area contributed by atoms with E-state index < -0.39 is 0 Å². The fourth-order valence-corrected chi connectivity index (χ4v) is 0.946. The van der Waals surface area contributed by atoms with Crippen LogP contribution < -0.4 is 0 Å². The van der Waals surface area contributed by atoms with Crippen LogP contribution in [0.2, 0.25) is 0 Å². The Morgan fingerprint density at radius 2 is 1.91 bits per heavy atom. The van der Waals surface area contributed by atoms with E-state index in [-0.39, 0.29) is 5.92 Å². The van der Waals surface area contributed by atoms with E-state index >= 15 is 0 Å². The van der Waals surface area contributed by atoms with Gasteiger partial charge < -0.3 is 4.74 Å². The summed E-state index contributed by atoms with van der Waals surface area (Å²) in [5.74, 6) is 0.825. The number of carbonyl (C=O) groups is 1. The summed E-state index contributed by atoms with van der Waals surface area (Å²) in [6, 6.07) is 0. The molecule has 0 aromatic heterocycles. The first-order chi connectivity index (χ1) is 5.07. The number of hydrogen-bond donors (Lipinski definition) is 0. The van der Waals surface area contributed by atoms with Crippen molar-refractivity contribution in [1.82, 2.24) is 0 Å². The third kappa shape index (κ3) is 4.96. The van der Waals surface area contributed by atoms with Crippen molar-refractivity contribution in [3.63, 3.8) is 0 Å². The van der Waals surface area contributed by atoms with Gasteiger partial charge in [-0.05, 0) is 5.92 Å². The van der Waals surface area contributed by atoms with Gasteiger partial charge in [0.25, 0.3) is 0 Å². The quantitative estimate of drug-likeness (QED) is 0.610. The molecule has 0 aliphatic rings. The zero-order chi connectivity index (χ0) is 8.85. The minimum absolute atomic E-state index is 0.0578. The molecule has 0 rings (SSSR count). The Bertz CT molecular complexity index is 119. The first-order valence-corrected chi connectivity index (χ1v) is 4.09. The lowest BCUT2D eigenvalue weighted by atomic mass is 9.98. The lowest BCUT2D eigenvalue weighted by Crippen LogP contribution is -2.17. The molecule has 0 bridgehead atoms. The molecule has 0 amide bonds. The van der Waals surface area contributed by atoms with Gasteiger partial charge in [-0.15, -0.1) is 0 Å². The van der Waals surface area contributed by atoms with Gasteiger partial charge in [0.15, 0.2) is 0 Å². The summed E-state index contributed by atoms with van der Waals surface area (Å²) < 4.78 is 4.89. The third-order valence-corrected chi connectivity index (χ3v) is 1.58. The largest absolute Gasteiger partial charge is 0.384 e. The van der Waals surface area contributed by atoms with Crippen molar-refractivity contribution in [2.75, 3.05) is 13.7 Å². The van der Waals surface area contributed by atoms with Crippen molar-refractivity contribution >= 4 is 5.78 Å². The van der Waals surface area contributed by atoms with E-state index in [2.05, 4.69) is 13.8 Å². The fourth-order valence-electron chi connectivity index (χ4n) is 0.946. The van der Waals surface area contributed by atoms with E-state index in [1.54, 1.807) is 7.11 Å². The summed E-state index contributed by atoms with van der Waals surface area (Å²) in [7, 11) is 1.62. The lowest BCUT2D eigenvalue weighted by molar-refractivity contribution is -0.124. The number of Topliss-reactive ketones (excluding diaryl/α,β-unsaturated/α-hetero) is 1. The molecule has 0 radical (unpaired) electrons. The number of rotatable bonds is 5. The van der Waals surface area contributed by atoms with Crippen LogP contribution >= 0.6 is 0 Å². The van der Waals surface area contributed by atoms with Gasteiger partial charge in [-0.2, -0.15) is 0 Å². The molecular formula is C9H18O2. The summed E-state index contributed by atoms with van der Waals surface area (Å²) in [4.78, 5) is 11.3. The smallest absolute Gasteiger partial charge is 0.138 e. The average Bonchev–Trinajstić information content (AvgIpc) is 1.86. The molecule has 1 unspecified atom stereocenters. The topological polar surface area (TPSA) is 26.3 Å². The second-order valence-electron chi connectivity index (χ2n) is 3.42. The molecule has 2 nitrogen and oxygen atoms in total. The van der Waals surface area contributed by atoms with Crippen LogP contribution in [0.4, 0.5) is 0 Å². The van der Waals surface area contributed by atoms with Crippen LogP contribution in [0, 0.1) is 11.8 Å². The number of ketones is 1. The molecule has 0 saturated carbocycles. The molecule has 2 heteroatoms. The van der Waals surface area contributed by atoms with Crippen molar-refractivity contribution in [3.8, 4) is 0 Å². The molecule has 0 aromatic rings. The van der Waals surface area contributed by atoms with Crippen molar-refractivity contribution in [2.45, 2.75) is 27.2 Å². The van der Waals surface area contributed by atoms with Crippen LogP contribution in [0.1, 0.15) is 27.2 Å². The molecule has 11 heavy (non-hydrogen) atoms. The van der Waals surface area contributed by atoms with Gasteiger partial charge in [0.05, 0.1) is 6.61 Å². The van der Waals surface area contributed by atoms with Gasteiger partial charge in [-0.3, -0.25) is 4.79 Å². The summed E-state index contributed by atoms with van der Waals surface area (Å²) in [5.41, 5.74) is 0. The molecule has 0 aliphatic carbocycles. The van der Waals surface area contributed by atoms with Crippen LogP contribution in [0.5, 0.6) is 0 Å². The van der Waals surface area contributed by atoms with Gasteiger partial charge in [-0.1, -0.05) is 20.8 Å². The van der Waals surface area contributed by atoms with Gasteiger partial charge in [0, 0.05) is 19.4 Å². The average molecular weight is 158 g/mol. The summed E-state index contributed by atoms with van der Waals surface area (Å²) in [6.45, 7) is 6.56. The second kappa shape index (κ2) is 5.30. The molecular weight excluding hydrogens is 140 g/mol. The second-order valence-corrected chi connectivity index (χ2v) is 3.42. The van der Waals surface area contributed by atoms with Crippen molar-refractivity contribution < 1.29 is 9.53 Å². The van der Waals surface area contributed by atoms with Crippen LogP contribution in [-0.2, 0) is 9.53 Å². The Kier molecular flexibility index (Phi) is 5.12. The van der Waals surface area contributed by atoms with Gasteiger partial charge in [0.1, 0.15) is 5.78 Å². The van der Waals surface area contributed by atoms with Crippen LogP contribution in [0.25, 0.3) is 0 Å². The van der Waals surface area contributed by atoms with E-state index in [9.17, 15) is 4.79 Å². The summed E-state index contributed by atoms with van der Waals surface area (Å²) in [6.07, 6.45) is 0.671. The van der Waals surface area contributed by atoms with Crippen molar-refractivity contribution in [1.29, 1.82) is 0 Å². The lowest BCUT2D eigenvalue weighted by Gasteiger charge is -2.10. The Morgan fingerprint density at radius 1 is 1.36 bits per heavy atom. The molecule has 0 N–H and O–H groups in total. The zero-order valence-corrected chi connectivity index (χ0v) is 7.89. The van der Waals surface area contributed by atoms with E-state index in [1.165, 1.54) is 0 Å². The Morgan fingerprint density at radius 3 is 2.27 bits per heavy atom. The minimum atomic E-state index is 0.0578. The summed E-state index contributed by atoms with van der Waals surface area (Å²) >= 11 is 0. The SMILES string of the molecule is COCC(C)C(=O)CC(C)C. The highest BCUT2D eigenvalue weighted by atomic mass is 16.5. The third-order valence-electron chi connectivity index (χ3n) is 1.58. The number of ether oxygens (including phenoxy) is 1. The highest BCUT2D eigenvalue weighted by molar-refractivity contribution is 5.80. The van der Waals surface area contributed by atoms with E-state index in [0.29, 0.717) is 24.7 Å². The number of methoxy groups -OCH3 is 1. The predicted molar refractivity (Wildman–Crippen MR) is 45.5 cm³/mol.